The second-order valence-corrected chi connectivity index (χ2v) is 9.05. The van der Waals surface area contributed by atoms with Crippen molar-refractivity contribution >= 4 is 10.0 Å². The quantitative estimate of drug-likeness (QED) is 0.315. The summed E-state index contributed by atoms with van der Waals surface area (Å²) in [6, 6.07) is 7.34. The molecule has 2 N–H and O–H groups in total. The van der Waals surface area contributed by atoms with Gasteiger partial charge in [-0.3, -0.25) is 0 Å². The van der Waals surface area contributed by atoms with Crippen molar-refractivity contribution in [3.05, 3.63) is 42.0 Å². The van der Waals surface area contributed by atoms with Crippen molar-refractivity contribution in [1.29, 1.82) is 0 Å². The van der Waals surface area contributed by atoms with Gasteiger partial charge in [-0.25, -0.2) is 3.89 Å². The van der Waals surface area contributed by atoms with Crippen LogP contribution in [0.25, 0.3) is 0 Å². The number of quaternary nitrogens is 1. The fourth-order valence-corrected chi connectivity index (χ4v) is 5.32. The lowest BCUT2D eigenvalue weighted by Crippen LogP contribution is -2.52. The van der Waals surface area contributed by atoms with Gasteiger partial charge in [0.15, 0.2) is 0 Å². The number of nitrogens with two attached hydrogens (primary N) is 1. The lowest BCUT2D eigenvalue weighted by atomic mass is 10.1. The zero-order valence-corrected chi connectivity index (χ0v) is 17.6. The van der Waals surface area contributed by atoms with E-state index in [2.05, 4.69) is 6.92 Å². The van der Waals surface area contributed by atoms with Crippen molar-refractivity contribution < 1.29 is 12.3 Å². The fraction of sp³-hybridized carbons (Fsp3) is 0.619. The second-order valence-electron chi connectivity index (χ2n) is 6.86. The van der Waals surface area contributed by atoms with E-state index in [0.717, 1.165) is 24.8 Å². The molecule has 0 aliphatic carbocycles. The molecule has 1 aromatic carbocycles. The van der Waals surface area contributed by atoms with Gasteiger partial charge in [0.1, 0.15) is 4.90 Å². The second kappa shape index (κ2) is 11.5. The van der Waals surface area contributed by atoms with E-state index in [-0.39, 0.29) is 3.89 Å². The first-order valence-electron chi connectivity index (χ1n) is 10.0. The van der Waals surface area contributed by atoms with Gasteiger partial charge in [0, 0.05) is 6.54 Å². The van der Waals surface area contributed by atoms with Crippen molar-refractivity contribution in [3.63, 3.8) is 0 Å². The Morgan fingerprint density at radius 3 is 2.08 bits per heavy atom. The Morgan fingerprint density at radius 1 is 0.923 bits per heavy atom. The minimum absolute atomic E-state index is 0.144. The van der Waals surface area contributed by atoms with Crippen LogP contribution in [0.5, 0.6) is 0 Å². The van der Waals surface area contributed by atoms with E-state index in [9.17, 15) is 8.42 Å². The number of hydrogen-bond donors (Lipinski definition) is 1. The van der Waals surface area contributed by atoms with Crippen LogP contribution in [0.2, 0.25) is 0 Å². The Labute approximate surface area is 160 Å². The first-order chi connectivity index (χ1) is 12.5. The summed E-state index contributed by atoms with van der Waals surface area (Å²) >= 11 is 0. The molecule has 5 heteroatoms. The molecule has 0 atom stereocenters. The average Bonchev–Trinajstić information content (AvgIpc) is 2.65. The summed E-state index contributed by atoms with van der Waals surface area (Å²) in [6.45, 7) is 8.59. The van der Waals surface area contributed by atoms with Gasteiger partial charge in [-0.05, 0) is 50.8 Å². The lowest BCUT2D eigenvalue weighted by Gasteiger charge is -2.35. The third-order valence-corrected chi connectivity index (χ3v) is 7.80. The van der Waals surface area contributed by atoms with E-state index in [4.69, 9.17) is 5.73 Å². The zero-order chi connectivity index (χ0) is 19.5. The summed E-state index contributed by atoms with van der Waals surface area (Å²) in [4.78, 5) is 0.432. The molecule has 0 heterocycles. The van der Waals surface area contributed by atoms with E-state index in [1.54, 1.807) is 12.1 Å². The SMILES string of the molecule is CCCCCCC[N+](CC)(CC)S(=O)(=O)c1ccc(CC=CCN)cc1. The maximum atomic E-state index is 13.3. The minimum Gasteiger partial charge on any atom is -0.327 e. The van der Waals surface area contributed by atoms with Gasteiger partial charge in [0.25, 0.3) is 0 Å². The summed E-state index contributed by atoms with van der Waals surface area (Å²) in [5, 5.41) is 0. The first-order valence-corrected chi connectivity index (χ1v) is 11.5. The summed E-state index contributed by atoms with van der Waals surface area (Å²) < 4.78 is 26.8. The molecule has 0 amide bonds. The Balaban J connectivity index is 2.92. The van der Waals surface area contributed by atoms with Crippen LogP contribution in [0.1, 0.15) is 58.4 Å². The molecule has 0 saturated heterocycles. The molecule has 4 nitrogen and oxygen atoms in total. The number of unbranched alkanes of at least 4 members (excludes halogenated alkanes) is 4. The summed E-state index contributed by atoms with van der Waals surface area (Å²) in [5.41, 5.74) is 6.55. The topological polar surface area (TPSA) is 60.2 Å². The van der Waals surface area contributed by atoms with Crippen LogP contribution in [0.4, 0.5) is 0 Å². The molecule has 0 aliphatic rings. The number of rotatable bonds is 13. The molecular weight excluding hydrogens is 344 g/mol. The molecule has 0 unspecified atom stereocenters. The Kier molecular flexibility index (Phi) is 10.1. The van der Waals surface area contributed by atoms with Gasteiger partial charge in [-0.15, -0.1) is 0 Å². The van der Waals surface area contributed by atoms with Gasteiger partial charge >= 0.3 is 10.0 Å². The first kappa shape index (κ1) is 22.9. The molecule has 0 fully saturated rings. The van der Waals surface area contributed by atoms with Crippen LogP contribution in [-0.2, 0) is 16.4 Å². The van der Waals surface area contributed by atoms with Crippen LogP contribution in [-0.4, -0.2) is 38.5 Å². The highest BCUT2D eigenvalue weighted by atomic mass is 32.2. The predicted molar refractivity (Wildman–Crippen MR) is 110 cm³/mol. The molecule has 0 spiro atoms. The number of allylic oxidation sites excluding steroid dienone is 1. The van der Waals surface area contributed by atoms with Gasteiger partial charge in [-0.1, -0.05) is 50.5 Å². The third-order valence-electron chi connectivity index (χ3n) is 5.21. The summed E-state index contributed by atoms with van der Waals surface area (Å²) in [5.74, 6) is 0. The number of nitrogens with zero attached hydrogens (tertiary/aromatic N) is 1. The van der Waals surface area contributed by atoms with E-state index in [1.165, 1.54) is 19.3 Å². The van der Waals surface area contributed by atoms with Crippen molar-refractivity contribution in [1.82, 2.24) is 0 Å². The largest absolute Gasteiger partial charge is 0.327 e. The maximum Gasteiger partial charge on any atom is 0.327 e. The van der Waals surface area contributed by atoms with Gasteiger partial charge in [0.2, 0.25) is 0 Å². The van der Waals surface area contributed by atoms with Crippen LogP contribution in [0.15, 0.2) is 41.3 Å². The maximum absolute atomic E-state index is 13.3. The normalized spacial score (nSPS) is 12.8. The van der Waals surface area contributed by atoms with E-state index in [1.807, 2.05) is 38.1 Å². The smallest absolute Gasteiger partial charge is 0.327 e. The standard InChI is InChI=1S/C21H37N2O2S/c1-4-7-8-9-12-19-23(5-2,6-3)26(24,25)21-16-14-20(15-17-21)13-10-11-18-22/h10-11,14-17H,4-9,12-13,18-19,22H2,1-3H3/q+1. The van der Waals surface area contributed by atoms with Gasteiger partial charge in [-0.2, -0.15) is 8.42 Å². The Morgan fingerprint density at radius 2 is 1.54 bits per heavy atom. The monoisotopic (exact) mass is 381 g/mol. The van der Waals surface area contributed by atoms with Gasteiger partial charge in [0.05, 0.1) is 19.6 Å². The van der Waals surface area contributed by atoms with Crippen LogP contribution in [0.3, 0.4) is 0 Å². The fourth-order valence-electron chi connectivity index (χ4n) is 3.34. The van der Waals surface area contributed by atoms with Crippen LogP contribution in [0, 0.1) is 0 Å². The van der Waals surface area contributed by atoms with Crippen LogP contribution < -0.4 is 5.73 Å². The van der Waals surface area contributed by atoms with E-state index >= 15 is 0 Å². The summed E-state index contributed by atoms with van der Waals surface area (Å²) in [7, 11) is -3.40. The lowest BCUT2D eigenvalue weighted by molar-refractivity contribution is -0.803. The number of hydrogen-bond acceptors (Lipinski definition) is 3. The van der Waals surface area contributed by atoms with Crippen molar-refractivity contribution in [3.8, 4) is 0 Å². The third kappa shape index (κ3) is 5.93. The molecule has 0 bridgehead atoms. The molecule has 26 heavy (non-hydrogen) atoms. The molecule has 1 aromatic rings. The molecule has 0 aliphatic heterocycles. The number of sulfonamides is 1. The number of benzene rings is 1. The highest BCUT2D eigenvalue weighted by Crippen LogP contribution is 2.26. The predicted octanol–water partition coefficient (Wildman–Crippen LogP) is 4.26. The zero-order valence-electron chi connectivity index (χ0n) is 16.8. The van der Waals surface area contributed by atoms with Crippen LogP contribution >= 0.6 is 0 Å². The molecule has 0 aromatic heterocycles. The van der Waals surface area contributed by atoms with Gasteiger partial charge < -0.3 is 5.73 Å². The van der Waals surface area contributed by atoms with Crippen molar-refractivity contribution in [2.24, 2.45) is 5.73 Å². The van der Waals surface area contributed by atoms with E-state index < -0.39 is 10.0 Å². The van der Waals surface area contributed by atoms with E-state index in [0.29, 0.717) is 31.1 Å². The Hall–Kier alpha value is -1.17. The molecule has 0 radical (unpaired) electrons. The van der Waals surface area contributed by atoms with Crippen molar-refractivity contribution in [2.45, 2.75) is 64.2 Å². The Bertz CT molecular complexity index is 632. The molecule has 0 saturated carbocycles. The average molecular weight is 382 g/mol. The van der Waals surface area contributed by atoms with Crippen molar-refractivity contribution in [2.75, 3.05) is 26.2 Å². The summed E-state index contributed by atoms with van der Waals surface area (Å²) in [6.07, 6.45) is 10.4. The molecule has 1 rings (SSSR count). The molecule has 148 valence electrons. The highest BCUT2D eigenvalue weighted by Gasteiger charge is 2.39. The minimum atomic E-state index is -3.40. The molecular formula is C21H37N2O2S+. The highest BCUT2D eigenvalue weighted by molar-refractivity contribution is 7.86.